The minimum Gasteiger partial charge on any atom is -0.320 e. The normalized spacial score (nSPS) is 15.1. The monoisotopic (exact) mass is 230 g/mol. The molecule has 15 heavy (non-hydrogen) atoms. The summed E-state index contributed by atoms with van der Waals surface area (Å²) in [6.07, 6.45) is 4.33. The van der Waals surface area contributed by atoms with E-state index in [0.717, 1.165) is 18.0 Å². The van der Waals surface area contributed by atoms with Crippen molar-refractivity contribution in [2.24, 2.45) is 7.05 Å². The van der Waals surface area contributed by atoms with E-state index >= 15 is 0 Å². The Balaban J connectivity index is 2.25. The molecule has 0 fully saturated rings. The highest BCUT2D eigenvalue weighted by molar-refractivity contribution is 7.84. The first-order valence-electron chi connectivity index (χ1n) is 4.96. The van der Waals surface area contributed by atoms with Gasteiger partial charge < -0.3 is 9.88 Å². The number of hydrogen-bond donors (Lipinski definition) is 1. The van der Waals surface area contributed by atoms with Crippen LogP contribution < -0.4 is 5.32 Å². The first-order chi connectivity index (χ1) is 7.09. The fraction of sp³-hybridized carbons (Fsp3) is 0.778. The summed E-state index contributed by atoms with van der Waals surface area (Å²) < 4.78 is 12.8. The largest absolute Gasteiger partial charge is 0.320 e. The predicted octanol–water partition coefficient (Wildman–Crippen LogP) is 0.0618. The van der Waals surface area contributed by atoms with Crippen molar-refractivity contribution in [2.45, 2.75) is 25.9 Å². The first-order valence-corrected chi connectivity index (χ1v) is 6.68. The lowest BCUT2D eigenvalue weighted by molar-refractivity contribution is 0.516. The van der Waals surface area contributed by atoms with Crippen molar-refractivity contribution < 1.29 is 4.21 Å². The second kappa shape index (κ2) is 5.97. The molecule has 0 radical (unpaired) electrons. The van der Waals surface area contributed by atoms with Gasteiger partial charge in [0.25, 0.3) is 0 Å². The van der Waals surface area contributed by atoms with Crippen LogP contribution in [0, 0.1) is 0 Å². The lowest BCUT2D eigenvalue weighted by atomic mass is 10.2. The summed E-state index contributed by atoms with van der Waals surface area (Å²) >= 11 is 0. The van der Waals surface area contributed by atoms with E-state index in [1.54, 1.807) is 12.6 Å². The number of aromatic nitrogens is 3. The molecular formula is C9H18N4OS. The minimum atomic E-state index is -0.704. The Morgan fingerprint density at radius 1 is 1.67 bits per heavy atom. The molecule has 0 saturated heterocycles. The van der Waals surface area contributed by atoms with Crippen molar-refractivity contribution in [1.29, 1.82) is 0 Å². The smallest absolute Gasteiger partial charge is 0.146 e. The first kappa shape index (κ1) is 12.3. The molecule has 86 valence electrons. The van der Waals surface area contributed by atoms with E-state index in [-0.39, 0.29) is 0 Å². The highest BCUT2D eigenvalue weighted by Crippen LogP contribution is 1.96. The minimum absolute atomic E-state index is 0.352. The molecule has 0 aromatic carbocycles. The van der Waals surface area contributed by atoms with Gasteiger partial charge in [0.2, 0.25) is 0 Å². The van der Waals surface area contributed by atoms with Crippen molar-refractivity contribution in [3.05, 3.63) is 12.2 Å². The number of rotatable bonds is 6. The lowest BCUT2D eigenvalue weighted by Crippen LogP contribution is -2.28. The van der Waals surface area contributed by atoms with Crippen molar-refractivity contribution in [3.8, 4) is 0 Å². The van der Waals surface area contributed by atoms with E-state index < -0.39 is 10.8 Å². The molecule has 1 rings (SSSR count). The average Bonchev–Trinajstić information content (AvgIpc) is 2.58. The topological polar surface area (TPSA) is 59.8 Å². The maximum atomic E-state index is 10.9. The molecule has 0 aliphatic heterocycles. The summed E-state index contributed by atoms with van der Waals surface area (Å²) in [5.41, 5.74) is 0. The molecule has 5 nitrogen and oxygen atoms in total. The third kappa shape index (κ3) is 4.53. The molecule has 1 aromatic rings. The van der Waals surface area contributed by atoms with Gasteiger partial charge in [-0.15, -0.1) is 10.2 Å². The summed E-state index contributed by atoms with van der Waals surface area (Å²) in [6, 6.07) is 0.352. The van der Waals surface area contributed by atoms with Gasteiger partial charge in [0.15, 0.2) is 0 Å². The van der Waals surface area contributed by atoms with Crippen molar-refractivity contribution in [2.75, 3.05) is 12.0 Å². The van der Waals surface area contributed by atoms with Crippen LogP contribution in [0.5, 0.6) is 0 Å². The van der Waals surface area contributed by atoms with Crippen molar-refractivity contribution >= 4 is 10.8 Å². The molecule has 2 atom stereocenters. The van der Waals surface area contributed by atoms with Gasteiger partial charge in [-0.1, -0.05) is 0 Å². The highest BCUT2D eigenvalue weighted by atomic mass is 32.2. The Morgan fingerprint density at radius 3 is 2.93 bits per heavy atom. The molecule has 0 aliphatic carbocycles. The number of aryl methyl sites for hydroxylation is 1. The summed E-state index contributed by atoms with van der Waals surface area (Å²) in [5.74, 6) is 1.66. The quantitative estimate of drug-likeness (QED) is 0.751. The Kier molecular flexibility index (Phi) is 4.90. The molecule has 1 heterocycles. The van der Waals surface area contributed by atoms with Crippen LogP contribution in [0.25, 0.3) is 0 Å². The van der Waals surface area contributed by atoms with E-state index in [0.29, 0.717) is 12.6 Å². The van der Waals surface area contributed by atoms with E-state index in [2.05, 4.69) is 22.4 Å². The van der Waals surface area contributed by atoms with Gasteiger partial charge >= 0.3 is 0 Å². The SMILES string of the molecule is CC(CCS(C)=O)NCc1nncn1C. The number of nitrogens with one attached hydrogen (secondary N) is 1. The van der Waals surface area contributed by atoms with E-state index in [1.165, 1.54) is 0 Å². The summed E-state index contributed by atoms with van der Waals surface area (Å²) in [5, 5.41) is 11.1. The number of nitrogens with zero attached hydrogens (tertiary/aromatic N) is 3. The second-order valence-electron chi connectivity index (χ2n) is 3.71. The summed E-state index contributed by atoms with van der Waals surface area (Å²) in [7, 11) is 1.22. The second-order valence-corrected chi connectivity index (χ2v) is 5.26. The van der Waals surface area contributed by atoms with Crippen molar-refractivity contribution in [1.82, 2.24) is 20.1 Å². The van der Waals surface area contributed by atoms with E-state index in [1.807, 2.05) is 11.6 Å². The van der Waals surface area contributed by atoms with Gasteiger partial charge in [-0.2, -0.15) is 0 Å². The van der Waals surface area contributed by atoms with E-state index in [4.69, 9.17) is 0 Å². The zero-order valence-corrected chi connectivity index (χ0v) is 10.3. The average molecular weight is 230 g/mol. The summed E-state index contributed by atoms with van der Waals surface area (Å²) in [6.45, 7) is 2.79. The van der Waals surface area contributed by atoms with Gasteiger partial charge in [-0.3, -0.25) is 4.21 Å². The van der Waals surface area contributed by atoms with Gasteiger partial charge in [0, 0.05) is 35.9 Å². The van der Waals surface area contributed by atoms with Crippen LogP contribution in [0.15, 0.2) is 6.33 Å². The fourth-order valence-electron chi connectivity index (χ4n) is 1.18. The van der Waals surface area contributed by atoms with Crippen LogP contribution in [0.1, 0.15) is 19.2 Å². The Labute approximate surface area is 92.7 Å². The standard InChI is InChI=1S/C9H18N4OS/c1-8(4-5-15(3)14)10-6-9-12-11-7-13(9)2/h7-8,10H,4-6H2,1-3H3. The maximum absolute atomic E-state index is 10.9. The van der Waals surface area contributed by atoms with Crippen LogP contribution in [0.4, 0.5) is 0 Å². The Morgan fingerprint density at radius 2 is 2.40 bits per heavy atom. The zero-order valence-electron chi connectivity index (χ0n) is 9.43. The predicted molar refractivity (Wildman–Crippen MR) is 60.9 cm³/mol. The van der Waals surface area contributed by atoms with Crippen LogP contribution >= 0.6 is 0 Å². The molecule has 0 aliphatic rings. The molecule has 0 bridgehead atoms. The van der Waals surface area contributed by atoms with Crippen LogP contribution in [-0.2, 0) is 24.4 Å². The third-order valence-electron chi connectivity index (χ3n) is 2.25. The molecule has 1 aromatic heterocycles. The van der Waals surface area contributed by atoms with Crippen molar-refractivity contribution in [3.63, 3.8) is 0 Å². The van der Waals surface area contributed by atoms with Gasteiger partial charge in [0.1, 0.15) is 12.2 Å². The van der Waals surface area contributed by atoms with Gasteiger partial charge in [-0.25, -0.2) is 0 Å². The Bertz CT molecular complexity index is 326. The van der Waals surface area contributed by atoms with Crippen LogP contribution in [0.2, 0.25) is 0 Å². The van der Waals surface area contributed by atoms with Gasteiger partial charge in [0.05, 0.1) is 6.54 Å². The zero-order chi connectivity index (χ0) is 11.3. The van der Waals surface area contributed by atoms with Gasteiger partial charge in [-0.05, 0) is 13.3 Å². The maximum Gasteiger partial charge on any atom is 0.146 e. The lowest BCUT2D eigenvalue weighted by Gasteiger charge is -2.12. The third-order valence-corrected chi connectivity index (χ3v) is 3.06. The highest BCUT2D eigenvalue weighted by Gasteiger charge is 2.05. The molecule has 0 saturated carbocycles. The molecule has 1 N–H and O–H groups in total. The van der Waals surface area contributed by atoms with E-state index in [9.17, 15) is 4.21 Å². The fourth-order valence-corrected chi connectivity index (χ4v) is 1.86. The molecule has 2 unspecified atom stereocenters. The number of hydrogen-bond acceptors (Lipinski definition) is 4. The molecule has 6 heteroatoms. The van der Waals surface area contributed by atoms with Crippen LogP contribution in [0.3, 0.4) is 0 Å². The molecule has 0 amide bonds. The summed E-state index contributed by atoms with van der Waals surface area (Å²) in [4.78, 5) is 0. The van der Waals surface area contributed by atoms with Crippen LogP contribution in [-0.4, -0.2) is 37.0 Å². The Hall–Kier alpha value is -0.750. The molecular weight excluding hydrogens is 212 g/mol. The molecule has 0 spiro atoms.